The SMILES string of the molecule is CC(c1ccc(-c2ccccc2)c(F)c1)c1cc(CN=C(N2CCOCC2)N2CCOCC2)on1. The van der Waals surface area contributed by atoms with Crippen LogP contribution >= 0.6 is 0 Å². The lowest BCUT2D eigenvalue weighted by atomic mass is 9.94. The number of nitrogens with zero attached hydrogens (tertiary/aromatic N) is 4. The molecule has 0 radical (unpaired) electrons. The summed E-state index contributed by atoms with van der Waals surface area (Å²) in [7, 11) is 0. The van der Waals surface area contributed by atoms with Gasteiger partial charge < -0.3 is 23.8 Å². The molecule has 1 atom stereocenters. The maximum Gasteiger partial charge on any atom is 0.197 e. The van der Waals surface area contributed by atoms with Crippen LogP contribution in [0.25, 0.3) is 11.1 Å². The minimum Gasteiger partial charge on any atom is -0.378 e. The van der Waals surface area contributed by atoms with Crippen LogP contribution in [0.4, 0.5) is 4.39 Å². The van der Waals surface area contributed by atoms with Crippen molar-refractivity contribution in [3.63, 3.8) is 0 Å². The molecular weight excluding hydrogens is 447 g/mol. The molecule has 0 spiro atoms. The summed E-state index contributed by atoms with van der Waals surface area (Å²) in [5.41, 5.74) is 3.08. The van der Waals surface area contributed by atoms with Gasteiger partial charge in [-0.3, -0.25) is 0 Å². The zero-order valence-corrected chi connectivity index (χ0v) is 20.0. The molecule has 0 amide bonds. The van der Waals surface area contributed by atoms with Crippen molar-refractivity contribution in [3.8, 4) is 11.1 Å². The highest BCUT2D eigenvalue weighted by Gasteiger charge is 2.23. The Hall–Kier alpha value is -3.23. The zero-order valence-electron chi connectivity index (χ0n) is 20.0. The largest absolute Gasteiger partial charge is 0.378 e. The summed E-state index contributed by atoms with van der Waals surface area (Å²) in [4.78, 5) is 9.45. The van der Waals surface area contributed by atoms with Gasteiger partial charge in [-0.1, -0.05) is 54.5 Å². The van der Waals surface area contributed by atoms with Crippen LogP contribution in [0, 0.1) is 5.82 Å². The van der Waals surface area contributed by atoms with E-state index in [2.05, 4.69) is 15.0 Å². The van der Waals surface area contributed by atoms with Crippen LogP contribution in [0.5, 0.6) is 0 Å². The molecule has 7 nitrogen and oxygen atoms in total. The normalized spacial score (nSPS) is 17.3. The summed E-state index contributed by atoms with van der Waals surface area (Å²) in [6.45, 7) is 8.48. The van der Waals surface area contributed by atoms with Gasteiger partial charge in [0.15, 0.2) is 11.7 Å². The Bertz CT molecular complexity index is 1120. The van der Waals surface area contributed by atoms with Gasteiger partial charge in [-0.25, -0.2) is 9.38 Å². The van der Waals surface area contributed by atoms with Crippen molar-refractivity contribution in [2.75, 3.05) is 52.6 Å². The second-order valence-corrected chi connectivity index (χ2v) is 8.86. The van der Waals surface area contributed by atoms with Crippen LogP contribution in [0.2, 0.25) is 0 Å². The minimum absolute atomic E-state index is 0.103. The maximum atomic E-state index is 14.9. The van der Waals surface area contributed by atoms with Crippen molar-refractivity contribution in [2.45, 2.75) is 19.4 Å². The van der Waals surface area contributed by atoms with Gasteiger partial charge in [-0.2, -0.15) is 0 Å². The summed E-state index contributed by atoms with van der Waals surface area (Å²) in [6.07, 6.45) is 0. The van der Waals surface area contributed by atoms with Crippen LogP contribution in [0.15, 0.2) is 64.1 Å². The fourth-order valence-corrected chi connectivity index (χ4v) is 4.51. The average molecular weight is 479 g/mol. The molecule has 8 heteroatoms. The van der Waals surface area contributed by atoms with Crippen molar-refractivity contribution < 1.29 is 18.4 Å². The lowest BCUT2D eigenvalue weighted by Gasteiger charge is -2.38. The first-order valence-corrected chi connectivity index (χ1v) is 12.2. The van der Waals surface area contributed by atoms with E-state index in [1.165, 1.54) is 0 Å². The Labute approximate surface area is 205 Å². The molecule has 3 heterocycles. The smallest absolute Gasteiger partial charge is 0.197 e. The summed E-state index contributed by atoms with van der Waals surface area (Å²) < 4.78 is 31.5. The van der Waals surface area contributed by atoms with Crippen molar-refractivity contribution in [1.82, 2.24) is 15.0 Å². The van der Waals surface area contributed by atoms with Crippen molar-refractivity contribution >= 4 is 5.96 Å². The van der Waals surface area contributed by atoms with E-state index in [0.29, 0.717) is 44.3 Å². The van der Waals surface area contributed by atoms with Gasteiger partial charge in [0.2, 0.25) is 0 Å². The standard InChI is InChI=1S/C27H31FN4O3/c1-20(22-7-8-24(25(28)17-22)21-5-3-2-4-6-21)26-18-23(35-30-26)19-29-27(31-9-13-33-14-10-31)32-11-15-34-16-12-32/h2-8,17-18,20H,9-16,19H2,1H3. The van der Waals surface area contributed by atoms with Gasteiger partial charge in [0, 0.05) is 43.7 Å². The fraction of sp³-hybridized carbons (Fsp3) is 0.407. The van der Waals surface area contributed by atoms with Crippen LogP contribution < -0.4 is 0 Å². The molecule has 2 fully saturated rings. The third-order valence-corrected chi connectivity index (χ3v) is 6.56. The first kappa shape index (κ1) is 23.5. The van der Waals surface area contributed by atoms with Crippen LogP contribution in [-0.4, -0.2) is 73.5 Å². The minimum atomic E-state index is -0.241. The fourth-order valence-electron chi connectivity index (χ4n) is 4.51. The number of morpholine rings is 2. The Balaban J connectivity index is 1.30. The predicted molar refractivity (Wildman–Crippen MR) is 132 cm³/mol. The van der Waals surface area contributed by atoms with Gasteiger partial charge in [-0.15, -0.1) is 0 Å². The lowest BCUT2D eigenvalue weighted by molar-refractivity contribution is 0.0418. The topological polar surface area (TPSA) is 63.3 Å². The van der Waals surface area contributed by atoms with Crippen LogP contribution in [0.3, 0.4) is 0 Å². The number of halogens is 1. The average Bonchev–Trinajstić information content (AvgIpc) is 3.39. The highest BCUT2D eigenvalue weighted by molar-refractivity contribution is 5.80. The summed E-state index contributed by atoms with van der Waals surface area (Å²) >= 11 is 0. The Morgan fingerprint density at radius 2 is 1.60 bits per heavy atom. The van der Waals surface area contributed by atoms with E-state index in [1.807, 2.05) is 55.5 Å². The van der Waals surface area contributed by atoms with Gasteiger partial charge in [0.05, 0.1) is 32.1 Å². The van der Waals surface area contributed by atoms with Crippen molar-refractivity contribution in [2.24, 2.45) is 4.99 Å². The highest BCUT2D eigenvalue weighted by Crippen LogP contribution is 2.29. The number of guanidine groups is 1. The van der Waals surface area contributed by atoms with Crippen molar-refractivity contribution in [3.05, 3.63) is 77.4 Å². The van der Waals surface area contributed by atoms with Gasteiger partial charge in [-0.05, 0) is 17.2 Å². The number of aromatic nitrogens is 1. The summed E-state index contributed by atoms with van der Waals surface area (Å²) in [5, 5.41) is 4.27. The Kier molecular flexibility index (Phi) is 7.39. The number of rotatable bonds is 5. The van der Waals surface area contributed by atoms with Gasteiger partial charge in [0.1, 0.15) is 12.4 Å². The van der Waals surface area contributed by atoms with E-state index in [1.54, 1.807) is 6.07 Å². The molecule has 0 bridgehead atoms. The summed E-state index contributed by atoms with van der Waals surface area (Å²) in [6, 6.07) is 16.9. The number of ether oxygens (including phenoxy) is 2. The third kappa shape index (κ3) is 5.55. The van der Waals surface area contributed by atoms with E-state index < -0.39 is 0 Å². The molecule has 0 N–H and O–H groups in total. The molecule has 5 rings (SSSR count). The van der Waals surface area contributed by atoms with Crippen molar-refractivity contribution in [1.29, 1.82) is 0 Å². The lowest BCUT2D eigenvalue weighted by Crippen LogP contribution is -2.52. The molecular formula is C27H31FN4O3. The first-order chi connectivity index (χ1) is 17.2. The molecule has 2 aliphatic heterocycles. The van der Waals surface area contributed by atoms with E-state index in [9.17, 15) is 4.39 Å². The third-order valence-electron chi connectivity index (χ3n) is 6.56. The zero-order chi connectivity index (χ0) is 24.0. The Morgan fingerprint density at radius 3 is 2.23 bits per heavy atom. The van der Waals surface area contributed by atoms with E-state index >= 15 is 0 Å². The van der Waals surface area contributed by atoms with Gasteiger partial charge in [0.25, 0.3) is 0 Å². The van der Waals surface area contributed by atoms with E-state index in [-0.39, 0.29) is 11.7 Å². The number of hydrogen-bond donors (Lipinski definition) is 0. The molecule has 0 saturated carbocycles. The van der Waals surface area contributed by atoms with Gasteiger partial charge >= 0.3 is 0 Å². The molecule has 35 heavy (non-hydrogen) atoms. The molecule has 2 aliphatic rings. The molecule has 1 unspecified atom stereocenters. The predicted octanol–water partition coefficient (Wildman–Crippen LogP) is 4.15. The summed E-state index contributed by atoms with van der Waals surface area (Å²) in [5.74, 6) is 1.30. The second-order valence-electron chi connectivity index (χ2n) is 8.86. The first-order valence-electron chi connectivity index (χ1n) is 12.2. The molecule has 1 aromatic heterocycles. The van der Waals surface area contributed by atoms with E-state index in [4.69, 9.17) is 19.0 Å². The van der Waals surface area contributed by atoms with Crippen LogP contribution in [0.1, 0.15) is 29.9 Å². The monoisotopic (exact) mass is 478 g/mol. The number of benzene rings is 2. The van der Waals surface area contributed by atoms with Crippen LogP contribution in [-0.2, 0) is 16.0 Å². The second kappa shape index (κ2) is 11.0. The molecule has 184 valence electrons. The molecule has 3 aromatic rings. The molecule has 2 saturated heterocycles. The maximum absolute atomic E-state index is 14.9. The number of hydrogen-bond acceptors (Lipinski definition) is 5. The van der Waals surface area contributed by atoms with E-state index in [0.717, 1.165) is 49.0 Å². The molecule has 0 aliphatic carbocycles. The molecule has 2 aromatic carbocycles. The Morgan fingerprint density at radius 1 is 0.943 bits per heavy atom. The number of aliphatic imine (C=N–C) groups is 1. The quantitative estimate of drug-likeness (QED) is 0.406. The highest BCUT2D eigenvalue weighted by atomic mass is 19.1.